The van der Waals surface area contributed by atoms with Crippen molar-refractivity contribution in [3.63, 3.8) is 0 Å². The molecule has 0 spiro atoms. The Morgan fingerprint density at radius 1 is 1.15 bits per heavy atom. The Morgan fingerprint density at radius 2 is 1.85 bits per heavy atom. The fourth-order valence-corrected chi connectivity index (χ4v) is 2.45. The first-order chi connectivity index (χ1) is 12.8. The molecule has 2 aromatic carbocycles. The molecule has 0 unspecified atom stereocenters. The second-order valence-electron chi connectivity index (χ2n) is 6.11. The van der Waals surface area contributed by atoms with Gasteiger partial charge in [-0.2, -0.15) is 5.10 Å². The predicted octanol–water partition coefficient (Wildman–Crippen LogP) is 3.35. The van der Waals surface area contributed by atoms with Crippen molar-refractivity contribution in [2.75, 3.05) is 5.32 Å². The lowest BCUT2D eigenvalue weighted by Gasteiger charge is -2.09. The SMILES string of the molecule is C/C(CC(=O)Nc1ccc(C)cc1C)=N/NC(=O)c1ccccc1[N+](=O)[O-]. The van der Waals surface area contributed by atoms with E-state index in [-0.39, 0.29) is 23.6 Å². The Labute approximate surface area is 156 Å². The van der Waals surface area contributed by atoms with E-state index in [2.05, 4.69) is 15.8 Å². The van der Waals surface area contributed by atoms with Crippen LogP contribution in [0, 0.1) is 24.0 Å². The van der Waals surface area contributed by atoms with Crippen molar-refractivity contribution in [1.29, 1.82) is 0 Å². The zero-order valence-electron chi connectivity index (χ0n) is 15.3. The highest BCUT2D eigenvalue weighted by atomic mass is 16.6. The highest BCUT2D eigenvalue weighted by Crippen LogP contribution is 2.18. The third-order valence-electron chi connectivity index (χ3n) is 3.77. The van der Waals surface area contributed by atoms with Crippen LogP contribution in [0.2, 0.25) is 0 Å². The van der Waals surface area contributed by atoms with Gasteiger partial charge in [-0.3, -0.25) is 19.7 Å². The molecule has 0 radical (unpaired) electrons. The van der Waals surface area contributed by atoms with Crippen LogP contribution >= 0.6 is 0 Å². The van der Waals surface area contributed by atoms with E-state index in [0.29, 0.717) is 11.4 Å². The van der Waals surface area contributed by atoms with Gasteiger partial charge in [0.1, 0.15) is 5.56 Å². The summed E-state index contributed by atoms with van der Waals surface area (Å²) in [6.45, 7) is 5.45. The van der Waals surface area contributed by atoms with E-state index in [1.54, 1.807) is 6.92 Å². The van der Waals surface area contributed by atoms with Crippen molar-refractivity contribution < 1.29 is 14.5 Å². The summed E-state index contributed by atoms with van der Waals surface area (Å²) >= 11 is 0. The van der Waals surface area contributed by atoms with Crippen LogP contribution in [-0.2, 0) is 4.79 Å². The molecule has 0 aliphatic rings. The molecule has 2 rings (SSSR count). The lowest BCUT2D eigenvalue weighted by molar-refractivity contribution is -0.385. The summed E-state index contributed by atoms with van der Waals surface area (Å²) in [5, 5.41) is 17.6. The molecule has 0 saturated heterocycles. The highest BCUT2D eigenvalue weighted by molar-refractivity contribution is 6.06. The summed E-state index contributed by atoms with van der Waals surface area (Å²) in [4.78, 5) is 34.6. The number of rotatable bonds is 6. The Morgan fingerprint density at radius 3 is 2.52 bits per heavy atom. The van der Waals surface area contributed by atoms with Gasteiger partial charge in [-0.1, -0.05) is 29.8 Å². The highest BCUT2D eigenvalue weighted by Gasteiger charge is 2.18. The molecule has 8 nitrogen and oxygen atoms in total. The van der Waals surface area contributed by atoms with Crippen molar-refractivity contribution in [3.05, 3.63) is 69.3 Å². The maximum atomic E-state index is 12.1. The Balaban J connectivity index is 1.98. The number of aryl methyl sites for hydroxylation is 2. The van der Waals surface area contributed by atoms with E-state index >= 15 is 0 Å². The average molecular weight is 368 g/mol. The standard InChI is InChI=1S/C19H20N4O4/c1-12-8-9-16(13(2)10-12)20-18(24)11-14(3)21-22-19(25)15-6-4-5-7-17(15)23(26)27/h4-10H,11H2,1-3H3,(H,20,24)(H,22,25)/b21-14-. The van der Waals surface area contributed by atoms with Crippen LogP contribution in [0.3, 0.4) is 0 Å². The van der Waals surface area contributed by atoms with Crippen LogP contribution in [-0.4, -0.2) is 22.4 Å². The van der Waals surface area contributed by atoms with Gasteiger partial charge in [0, 0.05) is 17.5 Å². The van der Waals surface area contributed by atoms with Crippen LogP contribution in [0.15, 0.2) is 47.6 Å². The molecule has 2 aromatic rings. The largest absolute Gasteiger partial charge is 0.326 e. The molecule has 0 fully saturated rings. The van der Waals surface area contributed by atoms with Gasteiger partial charge < -0.3 is 5.32 Å². The minimum absolute atomic E-state index is 0.0233. The van der Waals surface area contributed by atoms with Gasteiger partial charge in [0.25, 0.3) is 11.6 Å². The first-order valence-corrected chi connectivity index (χ1v) is 8.22. The van der Waals surface area contributed by atoms with E-state index < -0.39 is 10.8 Å². The molecule has 0 aliphatic heterocycles. The molecule has 8 heteroatoms. The van der Waals surface area contributed by atoms with Gasteiger partial charge in [0.2, 0.25) is 5.91 Å². The molecule has 2 N–H and O–H groups in total. The quantitative estimate of drug-likeness (QED) is 0.462. The fourth-order valence-electron chi connectivity index (χ4n) is 2.45. The van der Waals surface area contributed by atoms with Gasteiger partial charge in [-0.15, -0.1) is 0 Å². The molecular weight excluding hydrogens is 348 g/mol. The third-order valence-corrected chi connectivity index (χ3v) is 3.77. The van der Waals surface area contributed by atoms with Gasteiger partial charge in [-0.05, 0) is 38.5 Å². The van der Waals surface area contributed by atoms with Gasteiger partial charge in [0.05, 0.1) is 11.3 Å². The van der Waals surface area contributed by atoms with Gasteiger partial charge in [0.15, 0.2) is 0 Å². The van der Waals surface area contributed by atoms with E-state index in [1.165, 1.54) is 24.3 Å². The number of amides is 2. The molecule has 27 heavy (non-hydrogen) atoms. The van der Waals surface area contributed by atoms with Crippen molar-refractivity contribution in [2.45, 2.75) is 27.2 Å². The zero-order chi connectivity index (χ0) is 20.0. The van der Waals surface area contributed by atoms with E-state index in [4.69, 9.17) is 0 Å². The van der Waals surface area contributed by atoms with Crippen molar-refractivity contribution >= 4 is 28.9 Å². The van der Waals surface area contributed by atoms with Crippen LogP contribution < -0.4 is 10.7 Å². The minimum atomic E-state index is -0.712. The smallest absolute Gasteiger partial charge is 0.282 e. The number of carbonyl (C=O) groups is 2. The maximum Gasteiger partial charge on any atom is 0.282 e. The normalized spacial score (nSPS) is 11.0. The van der Waals surface area contributed by atoms with Crippen molar-refractivity contribution in [2.24, 2.45) is 5.10 Å². The zero-order valence-corrected chi connectivity index (χ0v) is 15.3. The number of benzene rings is 2. The summed E-state index contributed by atoms with van der Waals surface area (Å²) in [7, 11) is 0. The number of anilines is 1. The molecule has 0 saturated carbocycles. The molecule has 0 aliphatic carbocycles. The number of nitrogens with zero attached hydrogens (tertiary/aromatic N) is 2. The number of hydrogen-bond acceptors (Lipinski definition) is 5. The summed E-state index contributed by atoms with van der Waals surface area (Å²) < 4.78 is 0. The monoisotopic (exact) mass is 368 g/mol. The molecule has 0 atom stereocenters. The Kier molecular flexibility index (Phi) is 6.37. The summed E-state index contributed by atoms with van der Waals surface area (Å²) in [5.74, 6) is -0.986. The molecule has 0 heterocycles. The van der Waals surface area contributed by atoms with E-state index in [9.17, 15) is 19.7 Å². The number of hydrogen-bond donors (Lipinski definition) is 2. The van der Waals surface area contributed by atoms with Crippen LogP contribution in [0.1, 0.15) is 34.8 Å². The first kappa shape index (κ1) is 19.8. The molecule has 2 amide bonds. The van der Waals surface area contributed by atoms with Gasteiger partial charge in [-0.25, -0.2) is 5.43 Å². The van der Waals surface area contributed by atoms with Crippen molar-refractivity contribution in [1.82, 2.24) is 5.43 Å². The van der Waals surface area contributed by atoms with Crippen LogP contribution in [0.4, 0.5) is 11.4 Å². The van der Waals surface area contributed by atoms with E-state index in [0.717, 1.165) is 11.1 Å². The van der Waals surface area contributed by atoms with Crippen molar-refractivity contribution in [3.8, 4) is 0 Å². The van der Waals surface area contributed by atoms with Gasteiger partial charge >= 0.3 is 0 Å². The summed E-state index contributed by atoms with van der Waals surface area (Å²) in [6.07, 6.45) is -0.0233. The number of carbonyl (C=O) groups excluding carboxylic acids is 2. The molecule has 140 valence electrons. The molecular formula is C19H20N4O4. The average Bonchev–Trinajstić information content (AvgIpc) is 2.62. The maximum absolute atomic E-state index is 12.1. The lowest BCUT2D eigenvalue weighted by atomic mass is 10.1. The topological polar surface area (TPSA) is 114 Å². The van der Waals surface area contributed by atoms with Crippen LogP contribution in [0.5, 0.6) is 0 Å². The summed E-state index contributed by atoms with van der Waals surface area (Å²) in [5.41, 5.74) is 4.96. The number of para-hydroxylation sites is 1. The second kappa shape index (κ2) is 8.70. The predicted molar refractivity (Wildman–Crippen MR) is 103 cm³/mol. The molecule has 0 aromatic heterocycles. The summed E-state index contributed by atoms with van der Waals surface area (Å²) in [6, 6.07) is 11.3. The Hall–Kier alpha value is -3.55. The van der Waals surface area contributed by atoms with E-state index in [1.807, 2.05) is 32.0 Å². The van der Waals surface area contributed by atoms with Crippen LogP contribution in [0.25, 0.3) is 0 Å². The number of nitro groups is 1. The molecule has 0 bridgehead atoms. The number of nitro benzene ring substituents is 1. The minimum Gasteiger partial charge on any atom is -0.326 e. The number of hydrazone groups is 1. The third kappa shape index (κ3) is 5.46. The fraction of sp³-hybridized carbons (Fsp3) is 0.211. The second-order valence-corrected chi connectivity index (χ2v) is 6.11. The Bertz CT molecular complexity index is 922. The first-order valence-electron chi connectivity index (χ1n) is 8.22. The number of nitrogens with one attached hydrogen (secondary N) is 2. The lowest BCUT2D eigenvalue weighted by Crippen LogP contribution is -2.22.